The Bertz CT molecular complexity index is 1630. The third kappa shape index (κ3) is 7.85. The third-order valence-corrected chi connectivity index (χ3v) is 14.5. The molecule has 13 nitrogen and oxygen atoms in total. The molecule has 0 aromatic rings. The van der Waals surface area contributed by atoms with E-state index in [0.717, 1.165) is 12.8 Å². The van der Waals surface area contributed by atoms with Crippen molar-refractivity contribution in [2.75, 3.05) is 6.54 Å². The maximum absolute atomic E-state index is 15.0. The molecular weight excluding hydrogens is 699 g/mol. The molecule has 4 aliphatic rings. The highest BCUT2D eigenvalue weighted by Crippen LogP contribution is 2.83. The summed E-state index contributed by atoms with van der Waals surface area (Å²) >= 11 is 0. The highest BCUT2D eigenvalue weighted by molar-refractivity contribution is 7.91. The van der Waals surface area contributed by atoms with Crippen molar-refractivity contribution in [2.45, 2.75) is 163 Å². The van der Waals surface area contributed by atoms with E-state index < -0.39 is 96.4 Å². The van der Waals surface area contributed by atoms with E-state index in [1.54, 1.807) is 46.4 Å². The number of carbonyl (C=O) groups excluding carboxylic acids is 5. The van der Waals surface area contributed by atoms with Crippen LogP contribution in [0.25, 0.3) is 0 Å². The lowest BCUT2D eigenvalue weighted by Crippen LogP contribution is -2.63. The van der Waals surface area contributed by atoms with Crippen molar-refractivity contribution >= 4 is 39.7 Å². The second kappa shape index (κ2) is 13.5. The normalized spacial score (nSPS) is 30.5. The molecule has 3 aliphatic carbocycles. The summed E-state index contributed by atoms with van der Waals surface area (Å²) in [6, 6.07) is -3.17. The molecule has 0 aromatic carbocycles. The van der Waals surface area contributed by atoms with Gasteiger partial charge in [0.15, 0.2) is 0 Å². The quantitative estimate of drug-likeness (QED) is 0.209. The molecule has 4 fully saturated rings. The number of sulfonamides is 1. The van der Waals surface area contributed by atoms with E-state index in [9.17, 15) is 32.4 Å². The Hall–Kier alpha value is -3.16. The van der Waals surface area contributed by atoms with Crippen molar-refractivity contribution in [1.29, 1.82) is 0 Å². The van der Waals surface area contributed by atoms with Crippen LogP contribution in [0, 0.1) is 33.0 Å². The SMILES string of the molecule is C=C[C@@H]1C[C@]1(NC(=O)[C@@H]1C[C@@]2(CN1C(=O)[C@@H](NC(=O)[C@@H](NC(=O)OC(C)(C)C)C(C)(C)C)C(C)(C)C)C(C)(C)C2(C)CCC)C(=O)NS(=O)(=O)C1CC1. The minimum absolute atomic E-state index is 0.179. The van der Waals surface area contributed by atoms with Crippen LogP contribution in [0.1, 0.15) is 129 Å². The highest BCUT2D eigenvalue weighted by Gasteiger charge is 2.81. The molecule has 0 aromatic heterocycles. The van der Waals surface area contributed by atoms with Crippen LogP contribution in [-0.4, -0.2) is 84.1 Å². The first kappa shape index (κ1) is 42.6. The Morgan fingerprint density at radius 2 is 1.47 bits per heavy atom. The fourth-order valence-corrected chi connectivity index (χ4v) is 10.2. The Balaban J connectivity index is 1.68. The molecule has 1 unspecified atom stereocenters. The first-order chi connectivity index (χ1) is 23.9. The molecule has 4 N–H and O–H groups in total. The smallest absolute Gasteiger partial charge is 0.408 e. The largest absolute Gasteiger partial charge is 0.444 e. The maximum Gasteiger partial charge on any atom is 0.408 e. The van der Waals surface area contributed by atoms with Crippen molar-refractivity contribution in [3.63, 3.8) is 0 Å². The predicted octanol–water partition coefficient (Wildman–Crippen LogP) is 4.56. The van der Waals surface area contributed by atoms with Gasteiger partial charge in [0.25, 0.3) is 5.91 Å². The number of nitrogens with zero attached hydrogens (tertiary/aromatic N) is 1. The second-order valence-corrected chi connectivity index (χ2v) is 21.9. The Morgan fingerprint density at radius 1 is 0.906 bits per heavy atom. The molecule has 14 heteroatoms. The molecule has 1 heterocycles. The van der Waals surface area contributed by atoms with Gasteiger partial charge >= 0.3 is 6.09 Å². The van der Waals surface area contributed by atoms with E-state index in [1.165, 1.54) is 6.08 Å². The monoisotopic (exact) mass is 763 g/mol. The molecule has 0 radical (unpaired) electrons. The van der Waals surface area contributed by atoms with E-state index in [1.807, 2.05) is 20.8 Å². The van der Waals surface area contributed by atoms with Crippen LogP contribution in [0.15, 0.2) is 12.7 Å². The van der Waals surface area contributed by atoms with Gasteiger partial charge in [-0.25, -0.2) is 13.2 Å². The Morgan fingerprint density at radius 3 is 1.92 bits per heavy atom. The minimum atomic E-state index is -3.88. The fourth-order valence-electron chi connectivity index (χ4n) is 8.84. The number of alkyl carbamates (subject to hydrolysis) is 1. The van der Waals surface area contributed by atoms with E-state index >= 15 is 0 Å². The maximum atomic E-state index is 15.0. The van der Waals surface area contributed by atoms with Gasteiger partial charge in [-0.15, -0.1) is 6.58 Å². The number of likely N-dealkylation sites (tertiary alicyclic amines) is 1. The number of hydrogen-bond donors (Lipinski definition) is 4. The van der Waals surface area contributed by atoms with Gasteiger partial charge in [0.1, 0.15) is 29.3 Å². The van der Waals surface area contributed by atoms with Gasteiger partial charge in [-0.05, 0) is 74.5 Å². The van der Waals surface area contributed by atoms with Crippen molar-refractivity contribution < 1.29 is 37.1 Å². The van der Waals surface area contributed by atoms with Gasteiger partial charge in [-0.2, -0.15) is 0 Å². The van der Waals surface area contributed by atoms with Crippen molar-refractivity contribution in [2.24, 2.45) is 33.0 Å². The van der Waals surface area contributed by atoms with Crippen LogP contribution in [0.4, 0.5) is 4.79 Å². The Kier molecular flexibility index (Phi) is 10.9. The van der Waals surface area contributed by atoms with Crippen LogP contribution in [0.5, 0.6) is 0 Å². The first-order valence-electron chi connectivity index (χ1n) is 19.1. The Labute approximate surface area is 317 Å². The van der Waals surface area contributed by atoms with Crippen molar-refractivity contribution in [3.05, 3.63) is 12.7 Å². The zero-order valence-corrected chi connectivity index (χ0v) is 35.1. The molecule has 1 saturated heterocycles. The minimum Gasteiger partial charge on any atom is -0.444 e. The molecule has 53 heavy (non-hydrogen) atoms. The molecular formula is C39H65N5O8S. The lowest BCUT2D eigenvalue weighted by atomic mass is 9.83. The molecule has 1 spiro atoms. The summed E-state index contributed by atoms with van der Waals surface area (Å²) < 4.78 is 33.1. The predicted molar refractivity (Wildman–Crippen MR) is 203 cm³/mol. The van der Waals surface area contributed by atoms with Crippen LogP contribution in [-0.2, 0) is 33.9 Å². The number of amides is 5. The lowest BCUT2D eigenvalue weighted by Gasteiger charge is -2.38. The summed E-state index contributed by atoms with van der Waals surface area (Å²) in [7, 11) is -3.88. The zero-order valence-electron chi connectivity index (χ0n) is 34.2. The van der Waals surface area contributed by atoms with Crippen molar-refractivity contribution in [3.8, 4) is 0 Å². The molecule has 1 aliphatic heterocycles. The van der Waals surface area contributed by atoms with E-state index in [-0.39, 0.29) is 23.8 Å². The van der Waals surface area contributed by atoms with Crippen LogP contribution in [0.3, 0.4) is 0 Å². The molecule has 7 atom stereocenters. The summed E-state index contributed by atoms with van der Waals surface area (Å²) in [6.07, 6.45) is 4.01. The molecule has 0 bridgehead atoms. The average molecular weight is 764 g/mol. The van der Waals surface area contributed by atoms with Crippen LogP contribution >= 0.6 is 0 Å². The first-order valence-corrected chi connectivity index (χ1v) is 20.6. The number of hydrogen-bond acceptors (Lipinski definition) is 8. The summed E-state index contributed by atoms with van der Waals surface area (Å²) in [5, 5.41) is 7.91. The second-order valence-electron chi connectivity index (χ2n) is 19.9. The van der Waals surface area contributed by atoms with E-state index in [4.69, 9.17) is 4.74 Å². The summed E-state index contributed by atoms with van der Waals surface area (Å²) in [5.41, 5.74) is -4.77. The number of ether oxygens (including phenoxy) is 1. The topological polar surface area (TPSA) is 180 Å². The number of nitrogens with one attached hydrogen (secondary N) is 4. The molecule has 4 rings (SSSR count). The fraction of sp³-hybridized carbons (Fsp3) is 0.821. The van der Waals surface area contributed by atoms with Gasteiger partial charge in [0.2, 0.25) is 27.7 Å². The van der Waals surface area contributed by atoms with Gasteiger partial charge in [0.05, 0.1) is 5.25 Å². The third-order valence-electron chi connectivity index (χ3n) is 12.7. The van der Waals surface area contributed by atoms with Crippen molar-refractivity contribution in [1.82, 2.24) is 25.6 Å². The number of carbonyl (C=O) groups is 5. The summed E-state index contributed by atoms with van der Waals surface area (Å²) in [4.78, 5) is 71.6. The molecule has 3 saturated carbocycles. The number of rotatable bonds is 12. The van der Waals surface area contributed by atoms with Crippen LogP contribution in [0.2, 0.25) is 0 Å². The summed E-state index contributed by atoms with van der Waals surface area (Å²) in [6.45, 7) is 28.7. The van der Waals surface area contributed by atoms with E-state index in [0.29, 0.717) is 19.3 Å². The molecule has 300 valence electrons. The average Bonchev–Trinajstić information content (AvgIpc) is 3.94. The van der Waals surface area contributed by atoms with Gasteiger partial charge in [-0.1, -0.05) is 81.7 Å². The highest BCUT2D eigenvalue weighted by atomic mass is 32.2. The van der Waals surface area contributed by atoms with Gasteiger partial charge in [0, 0.05) is 17.9 Å². The van der Waals surface area contributed by atoms with Gasteiger partial charge < -0.3 is 25.6 Å². The molecule has 5 amide bonds. The lowest BCUT2D eigenvalue weighted by molar-refractivity contribution is -0.145. The van der Waals surface area contributed by atoms with Gasteiger partial charge in [-0.3, -0.25) is 23.9 Å². The zero-order chi connectivity index (χ0) is 40.5. The van der Waals surface area contributed by atoms with Crippen LogP contribution < -0.4 is 20.7 Å². The summed E-state index contributed by atoms with van der Waals surface area (Å²) in [5.74, 6) is -2.88. The van der Waals surface area contributed by atoms with E-state index in [2.05, 4.69) is 54.9 Å². The standard InChI is InChI=1S/C39H65N5O8S/c1-15-19-37(14)36(12,13)38(37)21-25(28(45)42-39(20-23(39)16-2)31(48)43-53(50,51)24-17-18-24)44(22-38)30(47)27(34(6,7)8)40-29(46)26(33(3,4)5)41-32(49)52-35(9,10)11/h16,23-27H,2,15,17-22H2,1,3-14H3,(H,40,46)(H,41,49)(H,42,45)(H,43,48)/t23-,25+,26-,27-,37?,38-,39-/m1/s1.